The van der Waals surface area contributed by atoms with Gasteiger partial charge in [0.05, 0.1) is 5.92 Å². The van der Waals surface area contributed by atoms with E-state index in [1.54, 1.807) is 0 Å². The van der Waals surface area contributed by atoms with Crippen molar-refractivity contribution in [3.63, 3.8) is 0 Å². The Balaban J connectivity index is 1.98. The maximum Gasteiger partial charge on any atom is 0.225 e. The average Bonchev–Trinajstić information content (AvgIpc) is 2.48. The Kier molecular flexibility index (Phi) is 4.46. The minimum atomic E-state index is -0.279. The van der Waals surface area contributed by atoms with Crippen LogP contribution in [0.2, 0.25) is 10.3 Å². The number of amides is 1. The van der Waals surface area contributed by atoms with Gasteiger partial charge in [0.25, 0.3) is 0 Å². The van der Waals surface area contributed by atoms with E-state index < -0.39 is 0 Å². The molecule has 1 amide bonds. The van der Waals surface area contributed by atoms with Crippen molar-refractivity contribution < 1.29 is 4.79 Å². The minimum Gasteiger partial charge on any atom is -0.369 e. The molecule has 2 aromatic rings. The summed E-state index contributed by atoms with van der Waals surface area (Å²) in [5.74, 6) is -0.527. The fraction of sp³-hybridized carbons (Fsp3) is 0.294. The van der Waals surface area contributed by atoms with Gasteiger partial charge in [0.2, 0.25) is 5.91 Å². The van der Waals surface area contributed by atoms with Crippen LogP contribution < -0.4 is 10.6 Å². The number of carbonyl (C=O) groups excluding carboxylic acids is 1. The summed E-state index contributed by atoms with van der Waals surface area (Å²) in [4.78, 5) is 18.0. The second-order valence-electron chi connectivity index (χ2n) is 5.85. The maximum absolute atomic E-state index is 11.8. The Morgan fingerprint density at radius 3 is 2.61 bits per heavy atom. The third-order valence-electron chi connectivity index (χ3n) is 4.25. The zero-order valence-corrected chi connectivity index (χ0v) is 14.2. The number of hydrogen-bond donors (Lipinski definition) is 1. The zero-order chi connectivity index (χ0) is 16.6. The number of para-hydroxylation sites is 1. The lowest BCUT2D eigenvalue weighted by Gasteiger charge is -2.40. The van der Waals surface area contributed by atoms with Crippen LogP contribution in [0.15, 0.2) is 36.4 Å². The molecule has 1 aromatic heterocycles. The Morgan fingerprint density at radius 1 is 1.30 bits per heavy atom. The summed E-state index contributed by atoms with van der Waals surface area (Å²) in [7, 11) is 0. The summed E-state index contributed by atoms with van der Waals surface area (Å²) in [5.41, 5.74) is 8.57. The number of nitrogens with zero attached hydrogens (tertiary/aromatic N) is 2. The molecule has 4 nitrogen and oxygen atoms in total. The van der Waals surface area contributed by atoms with Crippen LogP contribution in [0, 0.1) is 0 Å². The smallest absolute Gasteiger partial charge is 0.225 e. The fourth-order valence-corrected chi connectivity index (χ4v) is 3.69. The predicted molar refractivity (Wildman–Crippen MR) is 92.9 cm³/mol. The molecule has 3 rings (SSSR count). The number of carbonyl (C=O) groups is 1. The fourth-order valence-electron chi connectivity index (χ4n) is 3.19. The molecule has 0 unspecified atom stereocenters. The number of pyridine rings is 1. The molecule has 0 saturated heterocycles. The normalized spacial score (nSPS) is 20.2. The van der Waals surface area contributed by atoms with Gasteiger partial charge in [0.1, 0.15) is 10.3 Å². The lowest BCUT2D eigenvalue weighted by Crippen LogP contribution is -2.41. The first kappa shape index (κ1) is 16.1. The lowest BCUT2D eigenvalue weighted by molar-refractivity contribution is -0.119. The highest BCUT2D eigenvalue weighted by molar-refractivity contribution is 6.32. The van der Waals surface area contributed by atoms with E-state index in [2.05, 4.69) is 16.8 Å². The summed E-state index contributed by atoms with van der Waals surface area (Å²) < 4.78 is 0. The molecule has 23 heavy (non-hydrogen) atoms. The third kappa shape index (κ3) is 3.28. The minimum absolute atomic E-state index is 0.174. The average molecular weight is 350 g/mol. The number of primary amides is 1. The summed E-state index contributed by atoms with van der Waals surface area (Å²) in [5, 5.41) is 0.751. The van der Waals surface area contributed by atoms with Gasteiger partial charge < -0.3 is 10.6 Å². The summed E-state index contributed by atoms with van der Waals surface area (Å²) >= 11 is 12.0. The largest absolute Gasteiger partial charge is 0.369 e. The van der Waals surface area contributed by atoms with Crippen LogP contribution in [0.3, 0.4) is 0 Å². The number of aromatic nitrogens is 1. The van der Waals surface area contributed by atoms with Crippen molar-refractivity contribution in [2.24, 2.45) is 5.73 Å². The van der Waals surface area contributed by atoms with Gasteiger partial charge in [-0.25, -0.2) is 4.98 Å². The first-order chi connectivity index (χ1) is 11.0. The maximum atomic E-state index is 11.8. The molecule has 1 aliphatic heterocycles. The highest BCUT2D eigenvalue weighted by atomic mass is 35.5. The lowest BCUT2D eigenvalue weighted by atomic mass is 9.85. The quantitative estimate of drug-likeness (QED) is 0.858. The standard InChI is InChI=1S/C17H17Cl2N3O/c1-10-6-13(17(20)23)12-4-2-3-5-14(12)22(10)9-11-7-15(18)21-16(19)8-11/h2-5,7-8,10,13H,6,9H2,1H3,(H2,20,23)/t10-,13-/m0/s1. The van der Waals surface area contributed by atoms with E-state index in [4.69, 9.17) is 28.9 Å². The molecule has 2 N–H and O–H groups in total. The molecule has 1 aromatic carbocycles. The molecule has 2 heterocycles. The van der Waals surface area contributed by atoms with Gasteiger partial charge in [0.15, 0.2) is 0 Å². The van der Waals surface area contributed by atoms with Crippen LogP contribution in [0.4, 0.5) is 5.69 Å². The molecule has 0 fully saturated rings. The van der Waals surface area contributed by atoms with Gasteiger partial charge >= 0.3 is 0 Å². The molecule has 6 heteroatoms. The van der Waals surface area contributed by atoms with Crippen molar-refractivity contribution in [2.75, 3.05) is 4.90 Å². The molecule has 1 aliphatic rings. The van der Waals surface area contributed by atoms with E-state index in [0.29, 0.717) is 23.3 Å². The number of nitrogens with two attached hydrogens (primary N) is 1. The van der Waals surface area contributed by atoms with Gasteiger partial charge in [-0.2, -0.15) is 0 Å². The Morgan fingerprint density at radius 2 is 1.96 bits per heavy atom. The van der Waals surface area contributed by atoms with E-state index in [9.17, 15) is 4.79 Å². The molecule has 0 bridgehead atoms. The van der Waals surface area contributed by atoms with Gasteiger partial charge in [0, 0.05) is 18.3 Å². The monoisotopic (exact) mass is 349 g/mol. The van der Waals surface area contributed by atoms with Crippen molar-refractivity contribution in [2.45, 2.75) is 31.8 Å². The number of benzene rings is 1. The van der Waals surface area contributed by atoms with Crippen molar-refractivity contribution in [1.82, 2.24) is 4.98 Å². The molecular formula is C17H17Cl2N3O. The SMILES string of the molecule is C[C@H]1C[C@H](C(N)=O)c2ccccc2N1Cc1cc(Cl)nc(Cl)c1. The molecule has 2 atom stereocenters. The van der Waals surface area contributed by atoms with Crippen LogP contribution in [-0.2, 0) is 11.3 Å². The van der Waals surface area contributed by atoms with E-state index in [0.717, 1.165) is 16.8 Å². The van der Waals surface area contributed by atoms with Crippen molar-refractivity contribution in [1.29, 1.82) is 0 Å². The van der Waals surface area contributed by atoms with E-state index in [1.165, 1.54) is 0 Å². The van der Waals surface area contributed by atoms with Crippen LogP contribution in [0.25, 0.3) is 0 Å². The summed E-state index contributed by atoms with van der Waals surface area (Å²) in [6.45, 7) is 2.74. The van der Waals surface area contributed by atoms with Crippen LogP contribution >= 0.6 is 23.2 Å². The predicted octanol–water partition coefficient (Wildman–Crippen LogP) is 3.76. The van der Waals surface area contributed by atoms with E-state index >= 15 is 0 Å². The molecule has 0 saturated carbocycles. The highest BCUT2D eigenvalue weighted by Gasteiger charge is 2.32. The van der Waals surface area contributed by atoms with Gasteiger partial charge in [-0.15, -0.1) is 0 Å². The third-order valence-corrected chi connectivity index (χ3v) is 4.64. The van der Waals surface area contributed by atoms with Crippen LogP contribution in [-0.4, -0.2) is 16.9 Å². The van der Waals surface area contributed by atoms with E-state index in [1.807, 2.05) is 36.4 Å². The van der Waals surface area contributed by atoms with Crippen molar-refractivity contribution in [3.05, 3.63) is 57.8 Å². The number of halogens is 2. The Hall–Kier alpha value is -1.78. The molecule has 120 valence electrons. The molecular weight excluding hydrogens is 333 g/mol. The first-order valence-corrected chi connectivity index (χ1v) is 8.18. The summed E-state index contributed by atoms with van der Waals surface area (Å²) in [6.07, 6.45) is 0.693. The number of rotatable bonds is 3. The Bertz CT molecular complexity index is 730. The van der Waals surface area contributed by atoms with Gasteiger partial charge in [-0.05, 0) is 42.7 Å². The first-order valence-electron chi connectivity index (χ1n) is 7.42. The van der Waals surface area contributed by atoms with Gasteiger partial charge in [-0.3, -0.25) is 4.79 Å². The van der Waals surface area contributed by atoms with Crippen molar-refractivity contribution in [3.8, 4) is 0 Å². The van der Waals surface area contributed by atoms with E-state index in [-0.39, 0.29) is 17.9 Å². The van der Waals surface area contributed by atoms with Crippen LogP contribution in [0.1, 0.15) is 30.4 Å². The van der Waals surface area contributed by atoms with Gasteiger partial charge in [-0.1, -0.05) is 41.4 Å². The molecule has 0 spiro atoms. The second-order valence-corrected chi connectivity index (χ2v) is 6.62. The zero-order valence-electron chi connectivity index (χ0n) is 12.7. The number of anilines is 1. The summed E-state index contributed by atoms with van der Waals surface area (Å²) in [6, 6.07) is 11.7. The number of hydrogen-bond acceptors (Lipinski definition) is 3. The Labute approximate surface area is 145 Å². The molecule has 0 radical (unpaired) electrons. The highest BCUT2D eigenvalue weighted by Crippen LogP contribution is 2.39. The topological polar surface area (TPSA) is 59.2 Å². The van der Waals surface area contributed by atoms with Crippen molar-refractivity contribution >= 4 is 34.8 Å². The van der Waals surface area contributed by atoms with Crippen LogP contribution in [0.5, 0.6) is 0 Å². The molecule has 0 aliphatic carbocycles. The number of fused-ring (bicyclic) bond motifs is 1. The second kappa shape index (κ2) is 6.38.